The average molecular weight is 430 g/mol. The zero-order valence-corrected chi connectivity index (χ0v) is 18.4. The second kappa shape index (κ2) is 15.1. The van der Waals surface area contributed by atoms with Crippen LogP contribution in [0.4, 0.5) is 0 Å². The standard InChI is InChI=1S/C12H14O3.C10H12O2.C2H4O2/c1-4-5-10-6-7-11(15-9(2)13)12(8-10)14-3;1-3-4-8-5-6-9(11)10(7-8)12-2;1-2(3)4/h4,6-8H,1,5H2,2-3H3;3,5-7,11H,1,4H2,2H3;1H3,(H,3,4). The van der Waals surface area contributed by atoms with Gasteiger partial charge in [-0.25, -0.2) is 0 Å². The molecule has 0 aliphatic heterocycles. The molecular formula is C24H30O7. The molecule has 0 radical (unpaired) electrons. The third kappa shape index (κ3) is 11.8. The molecule has 0 aromatic heterocycles. The van der Waals surface area contributed by atoms with E-state index >= 15 is 0 Å². The number of hydrogen-bond donors (Lipinski definition) is 2. The van der Waals surface area contributed by atoms with Gasteiger partial charge in [-0.05, 0) is 48.2 Å². The van der Waals surface area contributed by atoms with Crippen LogP contribution in [0.3, 0.4) is 0 Å². The third-order valence-electron chi connectivity index (χ3n) is 3.49. The minimum atomic E-state index is -0.833. The van der Waals surface area contributed by atoms with E-state index in [1.54, 1.807) is 31.4 Å². The lowest BCUT2D eigenvalue weighted by Crippen LogP contribution is -2.03. The van der Waals surface area contributed by atoms with Crippen molar-refractivity contribution in [3.63, 3.8) is 0 Å². The van der Waals surface area contributed by atoms with Crippen LogP contribution in [0.15, 0.2) is 61.7 Å². The number of phenols is 1. The van der Waals surface area contributed by atoms with E-state index in [9.17, 15) is 9.90 Å². The highest BCUT2D eigenvalue weighted by atomic mass is 16.6. The summed E-state index contributed by atoms with van der Waals surface area (Å²) in [7, 11) is 3.08. The SMILES string of the molecule is C=CCc1ccc(O)c(OC)c1.C=CCc1ccc(OC(C)=O)c(OC)c1.CC(=O)O. The Bertz CT molecular complexity index is 868. The Balaban J connectivity index is 0.000000504. The number of esters is 1. The predicted molar refractivity (Wildman–Crippen MR) is 120 cm³/mol. The molecular weight excluding hydrogens is 400 g/mol. The van der Waals surface area contributed by atoms with Gasteiger partial charge >= 0.3 is 5.97 Å². The highest BCUT2D eigenvalue weighted by Gasteiger charge is 2.07. The van der Waals surface area contributed by atoms with Gasteiger partial charge < -0.3 is 24.4 Å². The summed E-state index contributed by atoms with van der Waals surface area (Å²) >= 11 is 0. The van der Waals surface area contributed by atoms with E-state index in [1.807, 2.05) is 24.3 Å². The van der Waals surface area contributed by atoms with Gasteiger partial charge in [0, 0.05) is 13.8 Å². The Morgan fingerprint density at radius 1 is 0.871 bits per heavy atom. The van der Waals surface area contributed by atoms with Gasteiger partial charge in [0.15, 0.2) is 23.0 Å². The molecule has 0 saturated carbocycles. The minimum Gasteiger partial charge on any atom is -0.504 e. The Hall–Kier alpha value is -3.74. The molecule has 0 heterocycles. The maximum absolute atomic E-state index is 10.8. The molecule has 0 spiro atoms. The number of allylic oxidation sites excluding steroid dienone is 2. The largest absolute Gasteiger partial charge is 0.504 e. The zero-order chi connectivity index (χ0) is 23.8. The van der Waals surface area contributed by atoms with E-state index in [1.165, 1.54) is 14.0 Å². The molecule has 0 saturated heterocycles. The van der Waals surface area contributed by atoms with Crippen LogP contribution in [-0.2, 0) is 22.4 Å². The second-order valence-corrected chi connectivity index (χ2v) is 6.09. The average Bonchev–Trinajstić information content (AvgIpc) is 2.70. The first kappa shape index (κ1) is 27.3. The topological polar surface area (TPSA) is 102 Å². The van der Waals surface area contributed by atoms with Gasteiger partial charge in [-0.3, -0.25) is 9.59 Å². The molecule has 0 aliphatic rings. The Kier molecular flexibility index (Phi) is 13.3. The van der Waals surface area contributed by atoms with Crippen LogP contribution in [0, 0.1) is 0 Å². The normalized spacial score (nSPS) is 9.03. The summed E-state index contributed by atoms with van der Waals surface area (Å²) in [6.07, 6.45) is 5.17. The smallest absolute Gasteiger partial charge is 0.308 e. The summed E-state index contributed by atoms with van der Waals surface area (Å²) in [4.78, 5) is 19.8. The number of carboxylic acids is 1. The van der Waals surface area contributed by atoms with E-state index in [0.29, 0.717) is 17.2 Å². The number of ether oxygens (including phenoxy) is 3. The van der Waals surface area contributed by atoms with E-state index in [4.69, 9.17) is 24.1 Å². The van der Waals surface area contributed by atoms with Gasteiger partial charge in [-0.2, -0.15) is 0 Å². The monoisotopic (exact) mass is 430 g/mol. The second-order valence-electron chi connectivity index (χ2n) is 6.09. The highest BCUT2D eigenvalue weighted by molar-refractivity contribution is 5.70. The molecule has 0 atom stereocenters. The van der Waals surface area contributed by atoms with Crippen molar-refractivity contribution in [2.24, 2.45) is 0 Å². The summed E-state index contributed by atoms with van der Waals surface area (Å²) in [5.41, 5.74) is 2.15. The van der Waals surface area contributed by atoms with Crippen molar-refractivity contribution < 1.29 is 34.0 Å². The summed E-state index contributed by atoms with van der Waals surface area (Å²) in [5.74, 6) is 0.492. The Labute approximate surface area is 183 Å². The number of aliphatic carboxylic acids is 1. The summed E-state index contributed by atoms with van der Waals surface area (Å²) in [6, 6.07) is 10.7. The minimum absolute atomic E-state index is 0.172. The number of hydrogen-bond acceptors (Lipinski definition) is 6. The number of phenolic OH excluding ortho intramolecular Hbond substituents is 1. The van der Waals surface area contributed by atoms with Gasteiger partial charge in [0.1, 0.15) is 0 Å². The first-order valence-corrected chi connectivity index (χ1v) is 9.30. The summed E-state index contributed by atoms with van der Waals surface area (Å²) < 4.78 is 15.0. The molecule has 0 bridgehead atoms. The van der Waals surface area contributed by atoms with Crippen molar-refractivity contribution in [1.82, 2.24) is 0 Å². The number of benzene rings is 2. The van der Waals surface area contributed by atoms with Crippen molar-refractivity contribution >= 4 is 11.9 Å². The number of aromatic hydroxyl groups is 1. The van der Waals surface area contributed by atoms with Crippen LogP contribution in [0.1, 0.15) is 25.0 Å². The molecule has 168 valence electrons. The van der Waals surface area contributed by atoms with Crippen molar-refractivity contribution in [2.45, 2.75) is 26.7 Å². The van der Waals surface area contributed by atoms with Crippen LogP contribution >= 0.6 is 0 Å². The molecule has 2 rings (SSSR count). The fourth-order valence-corrected chi connectivity index (χ4v) is 2.26. The van der Waals surface area contributed by atoms with Gasteiger partial charge in [-0.1, -0.05) is 24.3 Å². The van der Waals surface area contributed by atoms with E-state index in [0.717, 1.165) is 30.9 Å². The zero-order valence-electron chi connectivity index (χ0n) is 18.4. The molecule has 0 unspecified atom stereocenters. The number of carbonyl (C=O) groups is 2. The molecule has 2 aromatic rings. The van der Waals surface area contributed by atoms with Gasteiger partial charge in [0.05, 0.1) is 14.2 Å². The van der Waals surface area contributed by atoms with Crippen molar-refractivity contribution in [3.05, 3.63) is 72.8 Å². The van der Waals surface area contributed by atoms with Gasteiger partial charge in [0.25, 0.3) is 5.97 Å². The summed E-state index contributed by atoms with van der Waals surface area (Å²) in [6.45, 7) is 9.73. The van der Waals surface area contributed by atoms with Crippen LogP contribution in [-0.4, -0.2) is 36.4 Å². The fraction of sp³-hybridized carbons (Fsp3) is 0.250. The molecule has 0 aliphatic carbocycles. The van der Waals surface area contributed by atoms with Crippen molar-refractivity contribution in [1.29, 1.82) is 0 Å². The summed E-state index contributed by atoms with van der Waals surface area (Å²) in [5, 5.41) is 16.7. The molecule has 0 amide bonds. The van der Waals surface area contributed by atoms with Crippen molar-refractivity contribution in [2.75, 3.05) is 14.2 Å². The number of carboxylic acid groups (broad SMARTS) is 1. The van der Waals surface area contributed by atoms with E-state index < -0.39 is 5.97 Å². The lowest BCUT2D eigenvalue weighted by molar-refractivity contribution is -0.134. The third-order valence-corrected chi connectivity index (χ3v) is 3.49. The molecule has 2 N–H and O–H groups in total. The van der Waals surface area contributed by atoms with Crippen LogP contribution in [0.25, 0.3) is 0 Å². The molecule has 7 heteroatoms. The Morgan fingerprint density at radius 2 is 1.32 bits per heavy atom. The Morgan fingerprint density at radius 3 is 1.74 bits per heavy atom. The lowest BCUT2D eigenvalue weighted by atomic mass is 10.1. The predicted octanol–water partition coefficient (Wildman–Crippen LogP) is 4.57. The van der Waals surface area contributed by atoms with Crippen LogP contribution in [0.5, 0.6) is 23.0 Å². The van der Waals surface area contributed by atoms with Crippen LogP contribution in [0.2, 0.25) is 0 Å². The van der Waals surface area contributed by atoms with Gasteiger partial charge in [0.2, 0.25) is 0 Å². The molecule has 7 nitrogen and oxygen atoms in total. The maximum atomic E-state index is 10.8. The van der Waals surface area contributed by atoms with Crippen LogP contribution < -0.4 is 14.2 Å². The fourth-order valence-electron chi connectivity index (χ4n) is 2.26. The number of rotatable bonds is 7. The molecule has 31 heavy (non-hydrogen) atoms. The highest BCUT2D eigenvalue weighted by Crippen LogP contribution is 2.28. The van der Waals surface area contributed by atoms with E-state index in [2.05, 4.69) is 13.2 Å². The molecule has 0 fully saturated rings. The molecule has 2 aromatic carbocycles. The first-order valence-electron chi connectivity index (χ1n) is 9.30. The maximum Gasteiger partial charge on any atom is 0.308 e. The number of methoxy groups -OCH3 is 2. The number of carbonyl (C=O) groups excluding carboxylic acids is 1. The van der Waals surface area contributed by atoms with Crippen molar-refractivity contribution in [3.8, 4) is 23.0 Å². The first-order chi connectivity index (χ1) is 14.7. The van der Waals surface area contributed by atoms with Gasteiger partial charge in [-0.15, -0.1) is 13.2 Å². The quantitative estimate of drug-likeness (QED) is 0.377. The van der Waals surface area contributed by atoms with E-state index in [-0.39, 0.29) is 11.7 Å². The lowest BCUT2D eigenvalue weighted by Gasteiger charge is -2.08.